The van der Waals surface area contributed by atoms with E-state index in [1.54, 1.807) is 0 Å². The summed E-state index contributed by atoms with van der Waals surface area (Å²) in [4.78, 5) is 72.6. The third kappa shape index (κ3) is 64.6. The van der Waals surface area contributed by atoms with Crippen LogP contribution in [-0.2, 0) is 65.4 Å². The number of phosphoric acid groups is 2. The number of carbonyl (C=O) groups excluding carboxylic acids is 4. The van der Waals surface area contributed by atoms with Gasteiger partial charge >= 0.3 is 39.5 Å². The third-order valence-electron chi connectivity index (χ3n) is 16.4. The second kappa shape index (κ2) is 62.4. The van der Waals surface area contributed by atoms with Gasteiger partial charge in [-0.3, -0.25) is 37.3 Å². The first-order valence-electron chi connectivity index (χ1n) is 36.7. The minimum Gasteiger partial charge on any atom is -0.462 e. The Labute approximate surface area is 554 Å². The van der Waals surface area contributed by atoms with E-state index in [1.165, 1.54) is 128 Å². The molecule has 0 saturated carbocycles. The number of allylic oxidation sites excluding steroid dienone is 4. The monoisotopic (exact) mass is 1330 g/mol. The molecule has 0 aliphatic rings. The Balaban J connectivity index is 5.30. The van der Waals surface area contributed by atoms with E-state index in [0.717, 1.165) is 121 Å². The van der Waals surface area contributed by atoms with Crippen molar-refractivity contribution >= 4 is 39.5 Å². The maximum absolute atomic E-state index is 13.0. The van der Waals surface area contributed by atoms with Crippen LogP contribution in [0.2, 0.25) is 0 Å². The summed E-state index contributed by atoms with van der Waals surface area (Å²) >= 11 is 0. The van der Waals surface area contributed by atoms with Gasteiger partial charge in [0.2, 0.25) is 0 Å². The molecule has 91 heavy (non-hydrogen) atoms. The van der Waals surface area contributed by atoms with E-state index in [0.29, 0.717) is 31.6 Å². The summed E-state index contributed by atoms with van der Waals surface area (Å²) in [5.41, 5.74) is 0. The lowest BCUT2D eigenvalue weighted by atomic mass is 9.99. The quantitative estimate of drug-likeness (QED) is 0.0169. The molecule has 6 atom stereocenters. The maximum Gasteiger partial charge on any atom is 0.472 e. The number of phosphoric ester groups is 2. The first kappa shape index (κ1) is 88.5. The van der Waals surface area contributed by atoms with Gasteiger partial charge < -0.3 is 33.8 Å². The van der Waals surface area contributed by atoms with Gasteiger partial charge in [0.1, 0.15) is 19.3 Å². The first-order chi connectivity index (χ1) is 43.8. The van der Waals surface area contributed by atoms with Crippen LogP contribution in [0.25, 0.3) is 0 Å². The number of hydrogen-bond donors (Lipinski definition) is 3. The fourth-order valence-electron chi connectivity index (χ4n) is 10.3. The first-order valence-corrected chi connectivity index (χ1v) is 39.7. The van der Waals surface area contributed by atoms with E-state index in [4.69, 9.17) is 37.0 Å². The molecular formula is C72H136O17P2. The van der Waals surface area contributed by atoms with E-state index in [-0.39, 0.29) is 25.7 Å². The molecule has 3 N–H and O–H groups in total. The van der Waals surface area contributed by atoms with Crippen molar-refractivity contribution in [3.8, 4) is 0 Å². The van der Waals surface area contributed by atoms with Crippen LogP contribution in [0.3, 0.4) is 0 Å². The molecule has 0 saturated heterocycles. The Bertz CT molecular complexity index is 1880. The lowest BCUT2D eigenvalue weighted by Gasteiger charge is -2.21. The Hall–Kier alpha value is -2.46. The largest absolute Gasteiger partial charge is 0.472 e. The summed E-state index contributed by atoms with van der Waals surface area (Å²) in [5, 5.41) is 10.6. The molecule has 0 aliphatic heterocycles. The summed E-state index contributed by atoms with van der Waals surface area (Å²) in [5.74, 6) is 0.0862. The van der Waals surface area contributed by atoms with E-state index in [1.807, 2.05) is 0 Å². The van der Waals surface area contributed by atoms with Crippen molar-refractivity contribution in [2.75, 3.05) is 39.6 Å². The van der Waals surface area contributed by atoms with Crippen molar-refractivity contribution in [3.63, 3.8) is 0 Å². The predicted molar refractivity (Wildman–Crippen MR) is 367 cm³/mol. The number of aliphatic hydroxyl groups is 1. The van der Waals surface area contributed by atoms with E-state index in [2.05, 4.69) is 72.8 Å². The third-order valence-corrected chi connectivity index (χ3v) is 18.3. The summed E-state index contributed by atoms with van der Waals surface area (Å²) in [6, 6.07) is 0. The highest BCUT2D eigenvalue weighted by molar-refractivity contribution is 7.47. The van der Waals surface area contributed by atoms with Gasteiger partial charge in [0.05, 0.1) is 26.4 Å². The molecule has 0 heterocycles. The van der Waals surface area contributed by atoms with Crippen molar-refractivity contribution in [1.82, 2.24) is 0 Å². The Kier molecular flexibility index (Phi) is 60.7. The standard InChI is InChI=1S/C72H136O17P2/c1-8-10-11-12-13-14-15-16-17-18-21-24-33-41-48-55-71(76)88-67(59-82-69(74)53-46-39-32-27-26-31-38-45-52-65(7)9-2)61-86-90(78,79)84-57-66(73)58-85-91(80,81)87-62-68(60-83-70(75)54-47-40-35-28-30-37-44-51-64(5)6)89-72(77)56-49-42-34-25-22-19-20-23-29-36-43-50-63(3)4/h14-17,63-68,73H,8-13,18-62H2,1-7H3,(H,78,79)(H,80,81)/b15-14-,17-16-/t65?,66?,67-,68-/m1/s1. The van der Waals surface area contributed by atoms with E-state index in [9.17, 15) is 43.2 Å². The molecule has 0 fully saturated rings. The summed E-state index contributed by atoms with van der Waals surface area (Å²) in [6.07, 6.45) is 49.4. The van der Waals surface area contributed by atoms with Gasteiger partial charge in [-0.2, -0.15) is 0 Å². The minimum atomic E-state index is -4.96. The topological polar surface area (TPSA) is 237 Å². The molecule has 4 unspecified atom stereocenters. The van der Waals surface area contributed by atoms with Crippen LogP contribution >= 0.6 is 15.6 Å². The minimum absolute atomic E-state index is 0.0841. The zero-order valence-electron chi connectivity index (χ0n) is 58.8. The van der Waals surface area contributed by atoms with Crippen LogP contribution < -0.4 is 0 Å². The average Bonchev–Trinajstić information content (AvgIpc) is 3.34. The second-order valence-electron chi connectivity index (χ2n) is 26.5. The van der Waals surface area contributed by atoms with Gasteiger partial charge in [-0.1, -0.05) is 285 Å². The van der Waals surface area contributed by atoms with Gasteiger partial charge in [-0.05, 0) is 69.1 Å². The molecular weight excluding hydrogens is 1200 g/mol. The molecule has 19 heteroatoms. The van der Waals surface area contributed by atoms with Gasteiger partial charge in [0, 0.05) is 25.7 Å². The van der Waals surface area contributed by atoms with Crippen LogP contribution in [-0.4, -0.2) is 96.7 Å². The van der Waals surface area contributed by atoms with E-state index >= 15 is 0 Å². The molecule has 0 aromatic heterocycles. The van der Waals surface area contributed by atoms with E-state index < -0.39 is 97.5 Å². The van der Waals surface area contributed by atoms with Gasteiger partial charge in [-0.15, -0.1) is 0 Å². The average molecular weight is 1340 g/mol. The van der Waals surface area contributed by atoms with Crippen molar-refractivity contribution < 1.29 is 80.2 Å². The number of esters is 4. The normalized spacial score (nSPS) is 14.6. The number of hydrogen-bond acceptors (Lipinski definition) is 15. The number of aliphatic hydroxyl groups excluding tert-OH is 1. The Morgan fingerprint density at radius 2 is 0.648 bits per heavy atom. The van der Waals surface area contributed by atoms with Crippen molar-refractivity contribution in [1.29, 1.82) is 0 Å². The second-order valence-corrected chi connectivity index (χ2v) is 29.4. The SMILES string of the molecule is CCCCCC/C=C\C=C/CCCCCCCC(=O)O[C@H](COC(=O)CCCCCCCCCCC(C)CC)COP(=O)(O)OCC(O)COP(=O)(O)OC[C@@H](COC(=O)CCCCCCCCCC(C)C)OC(=O)CCCCCCCCCCCCCC(C)C. The molecule has 17 nitrogen and oxygen atoms in total. The predicted octanol–water partition coefficient (Wildman–Crippen LogP) is 20.2. The Morgan fingerprint density at radius 1 is 0.363 bits per heavy atom. The molecule has 0 aromatic carbocycles. The van der Waals surface area contributed by atoms with Crippen LogP contribution in [0.1, 0.15) is 337 Å². The summed E-state index contributed by atoms with van der Waals surface area (Å²) in [7, 11) is -9.92. The zero-order valence-corrected chi connectivity index (χ0v) is 60.6. The number of unbranched alkanes of at least 4 members (excludes halogenated alkanes) is 32. The fraction of sp³-hybridized carbons (Fsp3) is 0.889. The highest BCUT2D eigenvalue weighted by atomic mass is 31.2. The molecule has 0 rings (SSSR count). The lowest BCUT2D eigenvalue weighted by Crippen LogP contribution is -2.30. The molecule has 536 valence electrons. The smallest absolute Gasteiger partial charge is 0.462 e. The summed E-state index contributed by atoms with van der Waals surface area (Å²) < 4.78 is 68.3. The zero-order chi connectivity index (χ0) is 67.3. The molecule has 0 aliphatic carbocycles. The maximum atomic E-state index is 13.0. The number of rotatable bonds is 68. The van der Waals surface area contributed by atoms with Crippen molar-refractivity contribution in [2.45, 2.75) is 356 Å². The van der Waals surface area contributed by atoms with Gasteiger partial charge in [0.25, 0.3) is 0 Å². The number of carbonyl (C=O) groups is 4. The van der Waals surface area contributed by atoms with Crippen LogP contribution in [0, 0.1) is 17.8 Å². The van der Waals surface area contributed by atoms with Crippen LogP contribution in [0.4, 0.5) is 0 Å². The molecule has 0 aromatic rings. The van der Waals surface area contributed by atoms with Crippen LogP contribution in [0.5, 0.6) is 0 Å². The Morgan fingerprint density at radius 3 is 0.978 bits per heavy atom. The summed E-state index contributed by atoms with van der Waals surface area (Å²) in [6.45, 7) is 11.7. The number of ether oxygens (including phenoxy) is 4. The highest BCUT2D eigenvalue weighted by Crippen LogP contribution is 2.45. The van der Waals surface area contributed by atoms with Crippen LogP contribution in [0.15, 0.2) is 24.3 Å². The molecule has 0 bridgehead atoms. The highest BCUT2D eigenvalue weighted by Gasteiger charge is 2.30. The van der Waals surface area contributed by atoms with Gasteiger partial charge in [0.15, 0.2) is 12.2 Å². The molecule has 0 radical (unpaired) electrons. The van der Waals surface area contributed by atoms with Crippen molar-refractivity contribution in [3.05, 3.63) is 24.3 Å². The molecule has 0 amide bonds. The fourth-order valence-corrected chi connectivity index (χ4v) is 11.9. The van der Waals surface area contributed by atoms with Gasteiger partial charge in [-0.25, -0.2) is 9.13 Å². The molecule has 0 spiro atoms. The van der Waals surface area contributed by atoms with Crippen molar-refractivity contribution in [2.24, 2.45) is 17.8 Å². The lowest BCUT2D eigenvalue weighted by molar-refractivity contribution is -0.161.